The number of rotatable bonds is 3. The summed E-state index contributed by atoms with van der Waals surface area (Å²) in [4.78, 5) is 12.1. The van der Waals surface area contributed by atoms with Gasteiger partial charge in [0.1, 0.15) is 0 Å². The Kier molecular flexibility index (Phi) is 3.92. The SMILES string of the molecule is CCOC(=O)C(C)(C)C1(O)CCCCC1(C)C. The van der Waals surface area contributed by atoms with Gasteiger partial charge >= 0.3 is 5.97 Å². The fourth-order valence-electron chi connectivity index (χ4n) is 3.13. The molecule has 0 amide bonds. The topological polar surface area (TPSA) is 46.5 Å². The lowest BCUT2D eigenvalue weighted by molar-refractivity contribution is -0.200. The number of hydrogen-bond donors (Lipinski definition) is 1. The second-order valence-corrected chi connectivity index (χ2v) is 6.30. The van der Waals surface area contributed by atoms with Gasteiger partial charge in [-0.3, -0.25) is 4.79 Å². The third kappa shape index (κ3) is 2.22. The van der Waals surface area contributed by atoms with E-state index in [-0.39, 0.29) is 11.4 Å². The zero-order valence-corrected chi connectivity index (χ0v) is 11.8. The first-order valence-electron chi connectivity index (χ1n) is 6.58. The van der Waals surface area contributed by atoms with Crippen molar-refractivity contribution in [3.63, 3.8) is 0 Å². The van der Waals surface area contributed by atoms with Gasteiger partial charge in [0.25, 0.3) is 0 Å². The van der Waals surface area contributed by atoms with Crippen molar-refractivity contribution < 1.29 is 14.6 Å². The average Bonchev–Trinajstić information content (AvgIpc) is 2.22. The van der Waals surface area contributed by atoms with Gasteiger partial charge in [0.15, 0.2) is 0 Å². The van der Waals surface area contributed by atoms with Crippen molar-refractivity contribution in [3.05, 3.63) is 0 Å². The van der Waals surface area contributed by atoms with Crippen LogP contribution in [0.5, 0.6) is 0 Å². The second-order valence-electron chi connectivity index (χ2n) is 6.30. The van der Waals surface area contributed by atoms with Crippen molar-refractivity contribution >= 4 is 5.97 Å². The zero-order valence-electron chi connectivity index (χ0n) is 11.8. The molecule has 1 fully saturated rings. The van der Waals surface area contributed by atoms with Crippen molar-refractivity contribution in [1.29, 1.82) is 0 Å². The Labute approximate surface area is 105 Å². The number of aliphatic hydroxyl groups is 1. The first-order chi connectivity index (χ1) is 7.69. The van der Waals surface area contributed by atoms with Crippen molar-refractivity contribution in [1.82, 2.24) is 0 Å². The van der Waals surface area contributed by atoms with Gasteiger partial charge in [0.05, 0.1) is 17.6 Å². The van der Waals surface area contributed by atoms with E-state index in [1.54, 1.807) is 20.8 Å². The monoisotopic (exact) mass is 242 g/mol. The summed E-state index contributed by atoms with van der Waals surface area (Å²) in [5.74, 6) is -0.294. The molecule has 1 unspecified atom stereocenters. The summed E-state index contributed by atoms with van der Waals surface area (Å²) in [7, 11) is 0. The Morgan fingerprint density at radius 1 is 1.29 bits per heavy atom. The maximum Gasteiger partial charge on any atom is 0.314 e. The fraction of sp³-hybridized carbons (Fsp3) is 0.929. The smallest absolute Gasteiger partial charge is 0.314 e. The molecule has 100 valence electrons. The maximum atomic E-state index is 12.1. The molecule has 3 heteroatoms. The predicted octanol–water partition coefficient (Wildman–Crippen LogP) is 2.91. The van der Waals surface area contributed by atoms with Crippen LogP contribution in [-0.2, 0) is 9.53 Å². The first-order valence-corrected chi connectivity index (χ1v) is 6.58. The summed E-state index contributed by atoms with van der Waals surface area (Å²) in [6, 6.07) is 0. The predicted molar refractivity (Wildman–Crippen MR) is 67.6 cm³/mol. The minimum absolute atomic E-state index is 0.249. The van der Waals surface area contributed by atoms with Crippen molar-refractivity contribution in [2.45, 2.75) is 65.9 Å². The summed E-state index contributed by atoms with van der Waals surface area (Å²) in [6.07, 6.45) is 3.72. The Bertz CT molecular complexity index is 294. The molecule has 1 rings (SSSR count). The molecule has 0 aromatic carbocycles. The summed E-state index contributed by atoms with van der Waals surface area (Å²) in [5, 5.41) is 11.0. The summed E-state index contributed by atoms with van der Waals surface area (Å²) < 4.78 is 5.12. The van der Waals surface area contributed by atoms with Crippen LogP contribution in [0.25, 0.3) is 0 Å². The average molecular weight is 242 g/mol. The minimum atomic E-state index is -0.982. The number of esters is 1. The molecule has 1 saturated carbocycles. The standard InChI is InChI=1S/C14H26O3/c1-6-17-11(15)13(4,5)14(16)10-8-7-9-12(14,2)3/h16H,6-10H2,1-5H3. The highest BCUT2D eigenvalue weighted by atomic mass is 16.5. The highest BCUT2D eigenvalue weighted by molar-refractivity contribution is 5.77. The van der Waals surface area contributed by atoms with E-state index in [1.165, 1.54) is 0 Å². The van der Waals surface area contributed by atoms with E-state index >= 15 is 0 Å². The number of ether oxygens (including phenoxy) is 1. The van der Waals surface area contributed by atoms with E-state index in [1.807, 2.05) is 13.8 Å². The van der Waals surface area contributed by atoms with Crippen LogP contribution in [0.4, 0.5) is 0 Å². The van der Waals surface area contributed by atoms with E-state index in [2.05, 4.69) is 0 Å². The van der Waals surface area contributed by atoms with Crippen LogP contribution in [0.3, 0.4) is 0 Å². The fourth-order valence-corrected chi connectivity index (χ4v) is 3.13. The Balaban J connectivity index is 3.05. The van der Waals surface area contributed by atoms with Gasteiger partial charge in [-0.15, -0.1) is 0 Å². The maximum absolute atomic E-state index is 12.1. The Hall–Kier alpha value is -0.570. The van der Waals surface area contributed by atoms with Gasteiger partial charge < -0.3 is 9.84 Å². The van der Waals surface area contributed by atoms with Crippen LogP contribution in [0, 0.1) is 10.8 Å². The van der Waals surface area contributed by atoms with Gasteiger partial charge in [0.2, 0.25) is 0 Å². The molecule has 17 heavy (non-hydrogen) atoms. The highest BCUT2D eigenvalue weighted by Gasteiger charge is 2.58. The van der Waals surface area contributed by atoms with Gasteiger partial charge in [0, 0.05) is 0 Å². The molecule has 0 heterocycles. The molecular formula is C14H26O3. The lowest BCUT2D eigenvalue weighted by Gasteiger charge is -2.53. The van der Waals surface area contributed by atoms with E-state index < -0.39 is 11.0 Å². The van der Waals surface area contributed by atoms with Gasteiger partial charge in [-0.25, -0.2) is 0 Å². The van der Waals surface area contributed by atoms with Crippen molar-refractivity contribution in [3.8, 4) is 0 Å². The Morgan fingerprint density at radius 2 is 1.82 bits per heavy atom. The normalized spacial score (nSPS) is 28.8. The van der Waals surface area contributed by atoms with Crippen LogP contribution >= 0.6 is 0 Å². The molecule has 0 spiro atoms. The van der Waals surface area contributed by atoms with Crippen LogP contribution in [0.2, 0.25) is 0 Å². The molecule has 0 aromatic rings. The number of hydrogen-bond acceptors (Lipinski definition) is 3. The molecule has 0 aliphatic heterocycles. The van der Waals surface area contributed by atoms with Crippen LogP contribution in [-0.4, -0.2) is 23.3 Å². The Morgan fingerprint density at radius 3 is 2.29 bits per heavy atom. The van der Waals surface area contributed by atoms with Gasteiger partial charge in [-0.2, -0.15) is 0 Å². The highest BCUT2D eigenvalue weighted by Crippen LogP contribution is 2.53. The quantitative estimate of drug-likeness (QED) is 0.774. The third-order valence-electron chi connectivity index (χ3n) is 4.53. The molecule has 0 aromatic heterocycles. The van der Waals surface area contributed by atoms with E-state index in [4.69, 9.17) is 4.74 Å². The third-order valence-corrected chi connectivity index (χ3v) is 4.53. The van der Waals surface area contributed by atoms with Crippen LogP contribution < -0.4 is 0 Å². The second kappa shape index (κ2) is 4.60. The molecule has 1 N–H and O–H groups in total. The van der Waals surface area contributed by atoms with E-state index in [0.717, 1.165) is 19.3 Å². The van der Waals surface area contributed by atoms with Crippen LogP contribution in [0.15, 0.2) is 0 Å². The summed E-state index contributed by atoms with van der Waals surface area (Å²) in [5.41, 5.74) is -2.08. The number of carbonyl (C=O) groups excluding carboxylic acids is 1. The molecule has 0 saturated heterocycles. The molecule has 3 nitrogen and oxygen atoms in total. The summed E-state index contributed by atoms with van der Waals surface area (Å²) >= 11 is 0. The zero-order chi connectivity index (χ0) is 13.3. The molecule has 1 atom stereocenters. The molecular weight excluding hydrogens is 216 g/mol. The molecule has 1 aliphatic carbocycles. The molecule has 1 aliphatic rings. The minimum Gasteiger partial charge on any atom is -0.465 e. The van der Waals surface area contributed by atoms with Gasteiger partial charge in [-0.05, 0) is 39.0 Å². The molecule has 0 radical (unpaired) electrons. The van der Waals surface area contributed by atoms with E-state index in [0.29, 0.717) is 13.0 Å². The molecule has 0 bridgehead atoms. The van der Waals surface area contributed by atoms with Gasteiger partial charge in [-0.1, -0.05) is 26.7 Å². The van der Waals surface area contributed by atoms with E-state index in [9.17, 15) is 9.90 Å². The largest absolute Gasteiger partial charge is 0.465 e. The van der Waals surface area contributed by atoms with Crippen molar-refractivity contribution in [2.24, 2.45) is 10.8 Å². The lowest BCUT2D eigenvalue weighted by Crippen LogP contribution is -2.60. The van der Waals surface area contributed by atoms with Crippen molar-refractivity contribution in [2.75, 3.05) is 6.61 Å². The first kappa shape index (κ1) is 14.5. The van der Waals surface area contributed by atoms with Crippen LogP contribution in [0.1, 0.15) is 60.3 Å². The summed E-state index contributed by atoms with van der Waals surface area (Å²) in [6.45, 7) is 9.86. The lowest BCUT2D eigenvalue weighted by atomic mass is 9.55. The number of carbonyl (C=O) groups is 1.